The lowest BCUT2D eigenvalue weighted by molar-refractivity contribution is 0.333. The molecule has 2 fully saturated rings. The van der Waals surface area contributed by atoms with Crippen LogP contribution < -0.4 is 0 Å². The summed E-state index contributed by atoms with van der Waals surface area (Å²) in [6.45, 7) is 7.37. The molecule has 0 nitrogen and oxygen atoms in total. The van der Waals surface area contributed by atoms with Gasteiger partial charge in [0.15, 0.2) is 0 Å². The van der Waals surface area contributed by atoms with Crippen molar-refractivity contribution in [2.45, 2.75) is 77.1 Å². The Morgan fingerprint density at radius 2 is 1.56 bits per heavy atom. The standard InChI is InChI=1S/C15H30Si/c1-4-16(5-2,6-3)10-9-13-7-8-14-12-15(14)11-13/h13-15H,4-12H2,1-3H3. The zero-order valence-electron chi connectivity index (χ0n) is 11.6. The van der Waals surface area contributed by atoms with Crippen molar-refractivity contribution < 1.29 is 0 Å². The molecule has 0 aromatic rings. The SMILES string of the molecule is CC[Si](CC)(CC)CCC1CCC2CC2C1. The van der Waals surface area contributed by atoms with E-state index < -0.39 is 8.07 Å². The first-order valence-corrected chi connectivity index (χ1v) is 10.6. The van der Waals surface area contributed by atoms with Gasteiger partial charge in [-0.2, -0.15) is 0 Å². The largest absolute Gasteiger partial charge is 0.0678 e. The zero-order valence-corrected chi connectivity index (χ0v) is 12.6. The second-order valence-electron chi connectivity index (χ2n) is 6.53. The molecular formula is C15H30Si. The molecule has 0 aromatic heterocycles. The van der Waals surface area contributed by atoms with Gasteiger partial charge in [-0.15, -0.1) is 0 Å². The summed E-state index contributed by atoms with van der Waals surface area (Å²) in [5, 5.41) is 0. The Morgan fingerprint density at radius 1 is 0.875 bits per heavy atom. The molecule has 3 unspecified atom stereocenters. The van der Waals surface area contributed by atoms with Crippen LogP contribution in [0.15, 0.2) is 0 Å². The van der Waals surface area contributed by atoms with Gasteiger partial charge < -0.3 is 0 Å². The first-order valence-electron chi connectivity index (χ1n) is 7.73. The number of rotatable bonds is 6. The molecule has 1 heteroatoms. The van der Waals surface area contributed by atoms with Crippen LogP contribution in [0, 0.1) is 17.8 Å². The molecule has 94 valence electrons. The van der Waals surface area contributed by atoms with Crippen molar-refractivity contribution in [3.8, 4) is 0 Å². The van der Waals surface area contributed by atoms with Gasteiger partial charge in [0.2, 0.25) is 0 Å². The van der Waals surface area contributed by atoms with Crippen LogP contribution in [0.5, 0.6) is 0 Å². The van der Waals surface area contributed by atoms with Crippen LogP contribution in [0.3, 0.4) is 0 Å². The van der Waals surface area contributed by atoms with E-state index in [2.05, 4.69) is 20.8 Å². The lowest BCUT2D eigenvalue weighted by Crippen LogP contribution is -2.31. The highest BCUT2D eigenvalue weighted by Gasteiger charge is 2.42. The van der Waals surface area contributed by atoms with Gasteiger partial charge in [0.1, 0.15) is 0 Å². The van der Waals surface area contributed by atoms with Crippen LogP contribution in [0.25, 0.3) is 0 Å². The molecule has 0 aromatic carbocycles. The van der Waals surface area contributed by atoms with Gasteiger partial charge in [0.05, 0.1) is 8.07 Å². The van der Waals surface area contributed by atoms with Crippen molar-refractivity contribution in [2.75, 3.05) is 0 Å². The summed E-state index contributed by atoms with van der Waals surface area (Å²) in [5.74, 6) is 3.49. The van der Waals surface area contributed by atoms with Crippen molar-refractivity contribution in [1.82, 2.24) is 0 Å². The number of fused-ring (bicyclic) bond motifs is 1. The average Bonchev–Trinajstić information content (AvgIpc) is 3.10. The van der Waals surface area contributed by atoms with E-state index in [-0.39, 0.29) is 0 Å². The molecule has 2 saturated carbocycles. The van der Waals surface area contributed by atoms with E-state index in [1.54, 1.807) is 38.1 Å². The van der Waals surface area contributed by atoms with Gasteiger partial charge in [0, 0.05) is 0 Å². The number of hydrogen-bond acceptors (Lipinski definition) is 0. The van der Waals surface area contributed by atoms with Gasteiger partial charge >= 0.3 is 0 Å². The van der Waals surface area contributed by atoms with Gasteiger partial charge in [0.25, 0.3) is 0 Å². The van der Waals surface area contributed by atoms with Crippen molar-refractivity contribution >= 4 is 8.07 Å². The second-order valence-corrected chi connectivity index (χ2v) is 12.2. The molecule has 0 N–H and O–H groups in total. The van der Waals surface area contributed by atoms with Crippen molar-refractivity contribution in [3.05, 3.63) is 0 Å². The summed E-state index contributed by atoms with van der Waals surface area (Å²) >= 11 is 0. The molecule has 3 atom stereocenters. The maximum absolute atomic E-state index is 2.46. The molecule has 0 heterocycles. The molecule has 2 aliphatic carbocycles. The van der Waals surface area contributed by atoms with Crippen LogP contribution in [-0.2, 0) is 0 Å². The quantitative estimate of drug-likeness (QED) is 0.549. The van der Waals surface area contributed by atoms with E-state index in [4.69, 9.17) is 0 Å². The third-order valence-electron chi connectivity index (χ3n) is 5.98. The summed E-state index contributed by atoms with van der Waals surface area (Å²) in [6, 6.07) is 6.22. The number of hydrogen-bond donors (Lipinski definition) is 0. The summed E-state index contributed by atoms with van der Waals surface area (Å²) in [5.41, 5.74) is 0. The maximum atomic E-state index is 2.46. The van der Waals surface area contributed by atoms with Gasteiger partial charge in [-0.3, -0.25) is 0 Å². The van der Waals surface area contributed by atoms with E-state index in [0.717, 1.165) is 5.92 Å². The molecule has 2 aliphatic rings. The average molecular weight is 238 g/mol. The Bertz CT molecular complexity index is 211. The smallest absolute Gasteiger partial charge is 0.0527 e. The lowest BCUT2D eigenvalue weighted by Gasteiger charge is -2.31. The van der Waals surface area contributed by atoms with E-state index >= 15 is 0 Å². The molecule has 0 aliphatic heterocycles. The zero-order chi connectivity index (χ0) is 11.6. The van der Waals surface area contributed by atoms with Crippen LogP contribution in [0.4, 0.5) is 0 Å². The summed E-state index contributed by atoms with van der Waals surface area (Å²) in [4.78, 5) is 0. The van der Waals surface area contributed by atoms with Crippen LogP contribution in [0.2, 0.25) is 24.2 Å². The third-order valence-corrected chi connectivity index (χ3v) is 11.8. The molecule has 0 amide bonds. The fourth-order valence-electron chi connectivity index (χ4n) is 4.00. The summed E-state index contributed by atoms with van der Waals surface area (Å²) in [7, 11) is -0.810. The minimum Gasteiger partial charge on any atom is -0.0678 e. The van der Waals surface area contributed by atoms with Crippen LogP contribution in [0.1, 0.15) is 52.9 Å². The van der Waals surface area contributed by atoms with Gasteiger partial charge in [-0.1, -0.05) is 57.8 Å². The normalized spacial score (nSPS) is 33.6. The van der Waals surface area contributed by atoms with Gasteiger partial charge in [-0.25, -0.2) is 0 Å². The highest BCUT2D eigenvalue weighted by atomic mass is 28.3. The van der Waals surface area contributed by atoms with E-state index in [1.807, 2.05) is 0 Å². The van der Waals surface area contributed by atoms with E-state index in [9.17, 15) is 0 Å². The molecule has 16 heavy (non-hydrogen) atoms. The van der Waals surface area contributed by atoms with Crippen molar-refractivity contribution in [2.24, 2.45) is 17.8 Å². The first kappa shape index (κ1) is 12.7. The Morgan fingerprint density at radius 3 is 2.12 bits per heavy atom. The van der Waals surface area contributed by atoms with Crippen molar-refractivity contribution in [1.29, 1.82) is 0 Å². The molecule has 0 bridgehead atoms. The van der Waals surface area contributed by atoms with Crippen LogP contribution >= 0.6 is 0 Å². The highest BCUT2D eigenvalue weighted by molar-refractivity contribution is 6.79. The monoisotopic (exact) mass is 238 g/mol. The molecular weight excluding hydrogens is 208 g/mol. The molecule has 2 rings (SSSR count). The lowest BCUT2D eigenvalue weighted by atomic mass is 9.87. The highest BCUT2D eigenvalue weighted by Crippen LogP contribution is 2.52. The molecule has 0 spiro atoms. The topological polar surface area (TPSA) is 0 Å². The predicted octanol–water partition coefficient (Wildman–Crippen LogP) is 5.32. The van der Waals surface area contributed by atoms with Gasteiger partial charge in [-0.05, 0) is 37.0 Å². The second kappa shape index (κ2) is 5.24. The third kappa shape index (κ3) is 2.72. The fraction of sp³-hybridized carbons (Fsp3) is 1.00. The van der Waals surface area contributed by atoms with E-state index in [1.165, 1.54) is 30.0 Å². The molecule has 0 saturated heterocycles. The maximum Gasteiger partial charge on any atom is 0.0527 e. The van der Waals surface area contributed by atoms with Crippen molar-refractivity contribution in [3.63, 3.8) is 0 Å². The molecule has 0 radical (unpaired) electrons. The van der Waals surface area contributed by atoms with Crippen LogP contribution in [-0.4, -0.2) is 8.07 Å². The predicted molar refractivity (Wildman–Crippen MR) is 75.6 cm³/mol. The Kier molecular flexibility index (Phi) is 4.15. The fourth-order valence-corrected chi connectivity index (χ4v) is 7.58. The Labute approximate surface area is 103 Å². The first-order chi connectivity index (χ1) is 7.73. The Hall–Kier alpha value is 0.217. The summed E-state index contributed by atoms with van der Waals surface area (Å²) in [6.07, 6.45) is 7.93. The van der Waals surface area contributed by atoms with E-state index in [0.29, 0.717) is 0 Å². The minimum absolute atomic E-state index is 0.810. The minimum atomic E-state index is -0.810. The summed E-state index contributed by atoms with van der Waals surface area (Å²) < 4.78 is 0. The Balaban J connectivity index is 1.76.